The van der Waals surface area contributed by atoms with Crippen molar-refractivity contribution < 1.29 is 28.9 Å². The highest BCUT2D eigenvalue weighted by Crippen LogP contribution is 2.36. The number of hydrogen-bond acceptors (Lipinski definition) is 6. The van der Waals surface area contributed by atoms with E-state index >= 15 is 0 Å². The number of benzene rings is 3. The third kappa shape index (κ3) is 6.52. The molecule has 1 amide bonds. The number of likely N-dealkylation sites (tertiary alicyclic amines) is 1. The standard InChI is InChI=1S/C31H32N2O6/c1-21-28(32-30(38-21)23-8-4-2-5-9-23)16-17-37-25-14-12-22(13-15-25)27-20-33(19-24(27)18-29(34)35)31(36)39-26-10-6-3-7-11-26/h2-15,24,27,30,32H,16-20H2,1H3,(H,34,35)/t24-,27-,30?/m0/s1. The summed E-state index contributed by atoms with van der Waals surface area (Å²) in [4.78, 5) is 25.9. The van der Waals surface area contributed by atoms with Crippen molar-refractivity contribution in [2.45, 2.75) is 31.9 Å². The predicted molar refractivity (Wildman–Crippen MR) is 145 cm³/mol. The highest BCUT2D eigenvalue weighted by atomic mass is 16.6. The summed E-state index contributed by atoms with van der Waals surface area (Å²) in [6, 6.07) is 26.6. The Morgan fingerprint density at radius 3 is 2.31 bits per heavy atom. The van der Waals surface area contributed by atoms with Gasteiger partial charge >= 0.3 is 12.1 Å². The molecule has 1 saturated heterocycles. The number of nitrogens with zero attached hydrogens (tertiary/aromatic N) is 1. The van der Waals surface area contributed by atoms with Crippen molar-refractivity contribution in [3.05, 3.63) is 108 Å². The maximum atomic E-state index is 12.7. The molecule has 2 aliphatic rings. The molecule has 202 valence electrons. The molecule has 0 bridgehead atoms. The lowest BCUT2D eigenvalue weighted by atomic mass is 9.87. The fraction of sp³-hybridized carbons (Fsp3) is 0.290. The topological polar surface area (TPSA) is 97.3 Å². The number of aliphatic carboxylic acids is 1. The van der Waals surface area contributed by atoms with E-state index in [9.17, 15) is 14.7 Å². The van der Waals surface area contributed by atoms with E-state index in [1.165, 1.54) is 0 Å². The highest BCUT2D eigenvalue weighted by molar-refractivity contribution is 5.72. The van der Waals surface area contributed by atoms with Crippen molar-refractivity contribution in [2.24, 2.45) is 5.92 Å². The van der Waals surface area contributed by atoms with Gasteiger partial charge in [0.2, 0.25) is 0 Å². The number of allylic oxidation sites excluding steroid dienone is 1. The van der Waals surface area contributed by atoms with Crippen molar-refractivity contribution in [3.63, 3.8) is 0 Å². The zero-order valence-electron chi connectivity index (χ0n) is 21.8. The molecule has 3 atom stereocenters. The summed E-state index contributed by atoms with van der Waals surface area (Å²) in [5, 5.41) is 12.9. The Balaban J connectivity index is 1.16. The number of para-hydroxylation sites is 1. The molecule has 1 unspecified atom stereocenters. The number of nitrogens with one attached hydrogen (secondary N) is 1. The number of carboxylic acids is 1. The molecule has 3 aromatic rings. The van der Waals surface area contributed by atoms with Crippen LogP contribution in [0.25, 0.3) is 0 Å². The highest BCUT2D eigenvalue weighted by Gasteiger charge is 2.38. The van der Waals surface area contributed by atoms with Crippen LogP contribution in [-0.4, -0.2) is 41.8 Å². The van der Waals surface area contributed by atoms with Crippen LogP contribution in [0, 0.1) is 5.92 Å². The lowest BCUT2D eigenvalue weighted by Crippen LogP contribution is -2.31. The molecule has 8 nitrogen and oxygen atoms in total. The molecular formula is C31H32N2O6. The molecular weight excluding hydrogens is 496 g/mol. The molecule has 0 aliphatic carbocycles. The van der Waals surface area contributed by atoms with E-state index in [4.69, 9.17) is 14.2 Å². The monoisotopic (exact) mass is 528 g/mol. The normalized spacial score (nSPS) is 20.3. The van der Waals surface area contributed by atoms with E-state index in [1.54, 1.807) is 29.2 Å². The van der Waals surface area contributed by atoms with Crippen LogP contribution in [0.1, 0.15) is 43.0 Å². The summed E-state index contributed by atoms with van der Waals surface area (Å²) >= 11 is 0. The van der Waals surface area contributed by atoms with Crippen LogP contribution < -0.4 is 14.8 Å². The number of amides is 1. The molecule has 0 spiro atoms. The van der Waals surface area contributed by atoms with E-state index in [-0.39, 0.29) is 24.5 Å². The molecule has 2 aliphatic heterocycles. The third-order valence-corrected chi connectivity index (χ3v) is 7.14. The average molecular weight is 529 g/mol. The predicted octanol–water partition coefficient (Wildman–Crippen LogP) is 5.69. The minimum atomic E-state index is -0.883. The molecule has 0 radical (unpaired) electrons. The van der Waals surface area contributed by atoms with Gasteiger partial charge < -0.3 is 29.5 Å². The summed E-state index contributed by atoms with van der Waals surface area (Å²) in [5.74, 6) is 0.849. The van der Waals surface area contributed by atoms with Crippen molar-refractivity contribution in [1.82, 2.24) is 10.2 Å². The lowest BCUT2D eigenvalue weighted by Gasteiger charge is -2.17. The van der Waals surface area contributed by atoms with Crippen LogP contribution in [0.4, 0.5) is 4.79 Å². The first kappa shape index (κ1) is 26.2. The zero-order valence-corrected chi connectivity index (χ0v) is 21.8. The van der Waals surface area contributed by atoms with Crippen molar-refractivity contribution in [1.29, 1.82) is 0 Å². The summed E-state index contributed by atoms with van der Waals surface area (Å²) in [6.07, 6.45) is 0.00222. The van der Waals surface area contributed by atoms with E-state index in [2.05, 4.69) is 5.32 Å². The van der Waals surface area contributed by atoms with Gasteiger partial charge in [-0.05, 0) is 42.7 Å². The Morgan fingerprint density at radius 2 is 1.62 bits per heavy atom. The first-order valence-corrected chi connectivity index (χ1v) is 13.1. The van der Waals surface area contributed by atoms with E-state index in [0.29, 0.717) is 31.9 Å². The quantitative estimate of drug-likeness (QED) is 0.368. The van der Waals surface area contributed by atoms with Crippen LogP contribution >= 0.6 is 0 Å². The van der Waals surface area contributed by atoms with E-state index in [0.717, 1.165) is 28.3 Å². The fourth-order valence-corrected chi connectivity index (χ4v) is 5.13. The van der Waals surface area contributed by atoms with Gasteiger partial charge in [-0.15, -0.1) is 0 Å². The van der Waals surface area contributed by atoms with Gasteiger partial charge in [-0.1, -0.05) is 60.7 Å². The number of carbonyl (C=O) groups excluding carboxylic acids is 1. The summed E-state index contributed by atoms with van der Waals surface area (Å²) in [5.41, 5.74) is 3.06. The summed E-state index contributed by atoms with van der Waals surface area (Å²) < 4.78 is 17.4. The molecule has 3 aromatic carbocycles. The largest absolute Gasteiger partial charge is 0.493 e. The van der Waals surface area contributed by atoms with Gasteiger partial charge in [-0.2, -0.15) is 0 Å². The van der Waals surface area contributed by atoms with E-state index in [1.807, 2.05) is 67.6 Å². The average Bonchev–Trinajstić information content (AvgIpc) is 3.53. The second-order valence-corrected chi connectivity index (χ2v) is 9.81. The minimum Gasteiger partial charge on any atom is -0.493 e. The molecule has 1 fully saturated rings. The molecule has 0 aromatic heterocycles. The zero-order chi connectivity index (χ0) is 27.2. The van der Waals surface area contributed by atoms with Gasteiger partial charge in [0.25, 0.3) is 0 Å². The summed E-state index contributed by atoms with van der Waals surface area (Å²) in [6.45, 7) is 3.15. The van der Waals surface area contributed by atoms with Crippen LogP contribution in [0.3, 0.4) is 0 Å². The smallest absolute Gasteiger partial charge is 0.415 e. The Hall–Kier alpha value is -4.46. The summed E-state index contributed by atoms with van der Waals surface area (Å²) in [7, 11) is 0. The Kier molecular flexibility index (Phi) is 8.01. The van der Waals surface area contributed by atoms with E-state index < -0.39 is 12.1 Å². The van der Waals surface area contributed by atoms with Gasteiger partial charge in [-0.25, -0.2) is 4.79 Å². The minimum absolute atomic E-state index is 0.0223. The van der Waals surface area contributed by atoms with Crippen molar-refractivity contribution in [2.75, 3.05) is 19.7 Å². The molecule has 2 heterocycles. The molecule has 5 rings (SSSR count). The van der Waals surface area contributed by atoms with Crippen LogP contribution in [0.2, 0.25) is 0 Å². The van der Waals surface area contributed by atoms with Gasteiger partial charge in [0.05, 0.1) is 18.7 Å². The van der Waals surface area contributed by atoms with Gasteiger partial charge in [0, 0.05) is 31.0 Å². The number of hydrogen-bond donors (Lipinski definition) is 2. The maximum Gasteiger partial charge on any atom is 0.415 e. The lowest BCUT2D eigenvalue weighted by molar-refractivity contribution is -0.138. The first-order valence-electron chi connectivity index (χ1n) is 13.1. The fourth-order valence-electron chi connectivity index (χ4n) is 5.13. The second-order valence-electron chi connectivity index (χ2n) is 9.81. The van der Waals surface area contributed by atoms with Gasteiger partial charge in [0.15, 0.2) is 6.23 Å². The van der Waals surface area contributed by atoms with Crippen LogP contribution in [0.15, 0.2) is 96.4 Å². The van der Waals surface area contributed by atoms with Crippen LogP contribution in [0.5, 0.6) is 11.5 Å². The number of carboxylic acid groups (broad SMARTS) is 1. The van der Waals surface area contributed by atoms with Gasteiger partial charge in [0.1, 0.15) is 17.3 Å². The SMILES string of the molecule is CC1=C(CCOc2ccc([C@@H]3CN(C(=O)Oc4ccccc4)C[C@@H]3CC(=O)O)cc2)NC(c2ccccc2)O1. The first-order chi connectivity index (χ1) is 19.0. The van der Waals surface area contributed by atoms with Crippen molar-refractivity contribution in [3.8, 4) is 11.5 Å². The van der Waals surface area contributed by atoms with Crippen LogP contribution in [-0.2, 0) is 9.53 Å². The Bertz CT molecular complexity index is 1310. The second kappa shape index (κ2) is 11.9. The Labute approximate surface area is 227 Å². The van der Waals surface area contributed by atoms with Crippen molar-refractivity contribution >= 4 is 12.1 Å². The molecule has 0 saturated carbocycles. The molecule has 8 heteroatoms. The number of carbonyl (C=O) groups is 2. The van der Waals surface area contributed by atoms with Gasteiger partial charge in [-0.3, -0.25) is 4.79 Å². The molecule has 39 heavy (non-hydrogen) atoms. The maximum absolute atomic E-state index is 12.7. The number of ether oxygens (including phenoxy) is 3. The Morgan fingerprint density at radius 1 is 0.923 bits per heavy atom. The third-order valence-electron chi connectivity index (χ3n) is 7.14. The number of rotatable bonds is 9. The molecule has 2 N–H and O–H groups in total.